The number of Topliss-reactive ketones (excluding diaryl/α,β-unsaturated/α-hetero) is 1. The van der Waals surface area contributed by atoms with Crippen LogP contribution in [0.1, 0.15) is 30.5 Å². The minimum Gasteiger partial charge on any atom is -0.507 e. The summed E-state index contributed by atoms with van der Waals surface area (Å²) in [5.74, 6) is -0.976. The number of fused-ring (bicyclic) bond motifs is 1. The molecule has 1 atom stereocenters. The SMILES string of the molecule is CCCOc1cccc(/C(O)=C2\C(=O)C(=O)N(CCOC)C2c2cn(C)c3ccccc23)c1. The second-order valence-electron chi connectivity index (χ2n) is 8.07. The molecular weight excluding hydrogens is 420 g/mol. The van der Waals surface area contributed by atoms with Gasteiger partial charge in [0.2, 0.25) is 0 Å². The molecule has 33 heavy (non-hydrogen) atoms. The molecule has 1 aliphatic rings. The van der Waals surface area contributed by atoms with E-state index >= 15 is 0 Å². The van der Waals surface area contributed by atoms with Gasteiger partial charge in [-0.25, -0.2) is 0 Å². The van der Waals surface area contributed by atoms with Crippen LogP contribution in [0.15, 0.2) is 60.3 Å². The van der Waals surface area contributed by atoms with Crippen molar-refractivity contribution >= 4 is 28.4 Å². The monoisotopic (exact) mass is 448 g/mol. The van der Waals surface area contributed by atoms with Crippen molar-refractivity contribution in [3.8, 4) is 5.75 Å². The molecule has 1 fully saturated rings. The highest BCUT2D eigenvalue weighted by molar-refractivity contribution is 6.46. The summed E-state index contributed by atoms with van der Waals surface area (Å²) in [4.78, 5) is 27.7. The van der Waals surface area contributed by atoms with Crippen LogP contribution in [0.2, 0.25) is 0 Å². The molecule has 1 aromatic heterocycles. The summed E-state index contributed by atoms with van der Waals surface area (Å²) < 4.78 is 12.8. The number of para-hydroxylation sites is 1. The van der Waals surface area contributed by atoms with Crippen LogP contribution < -0.4 is 4.74 Å². The second kappa shape index (κ2) is 9.50. The molecule has 2 aromatic carbocycles. The topological polar surface area (TPSA) is 81.0 Å². The van der Waals surface area contributed by atoms with E-state index in [9.17, 15) is 14.7 Å². The molecule has 0 aliphatic carbocycles. The molecule has 2 heterocycles. The number of hydrogen-bond donors (Lipinski definition) is 1. The van der Waals surface area contributed by atoms with E-state index < -0.39 is 17.7 Å². The summed E-state index contributed by atoms with van der Waals surface area (Å²) in [6.45, 7) is 3.05. The van der Waals surface area contributed by atoms with Crippen LogP contribution in [-0.2, 0) is 21.4 Å². The summed E-state index contributed by atoms with van der Waals surface area (Å²) in [5, 5.41) is 12.2. The quantitative estimate of drug-likeness (QED) is 0.320. The Bertz CT molecular complexity index is 1230. The van der Waals surface area contributed by atoms with Gasteiger partial charge in [-0.05, 0) is 24.6 Å². The molecule has 0 radical (unpaired) electrons. The maximum absolute atomic E-state index is 13.2. The van der Waals surface area contributed by atoms with E-state index in [2.05, 4.69) is 0 Å². The van der Waals surface area contributed by atoms with Crippen molar-refractivity contribution in [1.82, 2.24) is 9.47 Å². The molecular formula is C26H28N2O5. The fourth-order valence-corrected chi connectivity index (χ4v) is 4.32. The van der Waals surface area contributed by atoms with Crippen molar-refractivity contribution < 1.29 is 24.2 Å². The highest BCUT2D eigenvalue weighted by atomic mass is 16.5. The summed E-state index contributed by atoms with van der Waals surface area (Å²) in [7, 11) is 3.47. The number of ketones is 1. The Morgan fingerprint density at radius 1 is 1.09 bits per heavy atom. The first-order valence-electron chi connectivity index (χ1n) is 11.0. The van der Waals surface area contributed by atoms with Gasteiger partial charge >= 0.3 is 0 Å². The third-order valence-electron chi connectivity index (χ3n) is 5.88. The molecule has 1 N–H and O–H groups in total. The van der Waals surface area contributed by atoms with E-state index in [0.717, 1.165) is 22.9 Å². The molecule has 172 valence electrons. The molecule has 1 amide bonds. The van der Waals surface area contributed by atoms with Gasteiger partial charge in [0.25, 0.3) is 11.7 Å². The van der Waals surface area contributed by atoms with Crippen molar-refractivity contribution in [2.24, 2.45) is 7.05 Å². The minimum atomic E-state index is -0.730. The Balaban J connectivity index is 1.89. The standard InChI is InChI=1S/C26H28N2O5/c1-4-13-33-18-9-7-8-17(15-18)24(29)22-23(28(12-14-32-3)26(31)25(22)30)20-16-27(2)21-11-6-5-10-19(20)21/h5-11,15-16,23,29H,4,12-14H2,1-3H3/b24-22+. The van der Waals surface area contributed by atoms with Gasteiger partial charge in [0.15, 0.2) is 0 Å². The minimum absolute atomic E-state index is 0.0695. The van der Waals surface area contributed by atoms with E-state index in [0.29, 0.717) is 17.9 Å². The lowest BCUT2D eigenvalue weighted by Crippen LogP contribution is -2.32. The van der Waals surface area contributed by atoms with Crippen LogP contribution >= 0.6 is 0 Å². The zero-order valence-corrected chi connectivity index (χ0v) is 19.1. The molecule has 1 aliphatic heterocycles. The predicted octanol–water partition coefficient (Wildman–Crippen LogP) is 4.04. The number of aromatic nitrogens is 1. The average Bonchev–Trinajstić information content (AvgIpc) is 3.29. The number of carbonyl (C=O) groups excluding carboxylic acids is 2. The van der Waals surface area contributed by atoms with Gasteiger partial charge < -0.3 is 24.0 Å². The third-order valence-corrected chi connectivity index (χ3v) is 5.88. The Morgan fingerprint density at radius 3 is 2.64 bits per heavy atom. The maximum Gasteiger partial charge on any atom is 0.295 e. The molecule has 7 heteroatoms. The number of likely N-dealkylation sites (tertiary alicyclic amines) is 1. The number of hydrogen-bond acceptors (Lipinski definition) is 5. The van der Waals surface area contributed by atoms with Crippen LogP contribution in [0.5, 0.6) is 5.75 Å². The second-order valence-corrected chi connectivity index (χ2v) is 8.07. The lowest BCUT2D eigenvalue weighted by atomic mass is 9.95. The maximum atomic E-state index is 13.2. The van der Waals surface area contributed by atoms with Crippen LogP contribution in [0, 0.1) is 0 Å². The van der Waals surface area contributed by atoms with Crippen LogP contribution in [0.3, 0.4) is 0 Å². The molecule has 1 unspecified atom stereocenters. The summed E-state index contributed by atoms with van der Waals surface area (Å²) in [6, 6.07) is 14.0. The molecule has 1 saturated heterocycles. The molecule has 0 bridgehead atoms. The van der Waals surface area contributed by atoms with Crippen LogP contribution in [-0.4, -0.2) is 53.1 Å². The number of rotatable bonds is 8. The number of amides is 1. The zero-order chi connectivity index (χ0) is 23.5. The molecule has 7 nitrogen and oxygen atoms in total. The van der Waals surface area contributed by atoms with Crippen LogP contribution in [0.25, 0.3) is 16.7 Å². The first kappa shape index (κ1) is 22.6. The molecule has 0 spiro atoms. The smallest absolute Gasteiger partial charge is 0.295 e. The largest absolute Gasteiger partial charge is 0.507 e. The van der Waals surface area contributed by atoms with Crippen molar-refractivity contribution in [1.29, 1.82) is 0 Å². The predicted molar refractivity (Wildman–Crippen MR) is 126 cm³/mol. The first-order chi connectivity index (χ1) is 16.0. The van der Waals surface area contributed by atoms with Gasteiger partial charge in [-0.1, -0.05) is 37.3 Å². The Labute approximate surface area is 192 Å². The van der Waals surface area contributed by atoms with E-state index in [-0.39, 0.29) is 24.5 Å². The zero-order valence-electron chi connectivity index (χ0n) is 19.1. The molecule has 0 saturated carbocycles. The van der Waals surface area contributed by atoms with E-state index in [1.807, 2.05) is 49.0 Å². The lowest BCUT2D eigenvalue weighted by molar-refractivity contribution is -0.140. The number of carbonyl (C=O) groups is 2. The van der Waals surface area contributed by atoms with Crippen molar-refractivity contribution in [2.45, 2.75) is 19.4 Å². The number of benzene rings is 2. The number of aliphatic hydroxyl groups excluding tert-OH is 1. The fourth-order valence-electron chi connectivity index (χ4n) is 4.32. The Hall–Kier alpha value is -3.58. The third kappa shape index (κ3) is 4.12. The van der Waals surface area contributed by atoms with Gasteiger partial charge in [-0.3, -0.25) is 9.59 Å². The number of methoxy groups -OCH3 is 1. The van der Waals surface area contributed by atoms with Gasteiger partial charge in [0.1, 0.15) is 11.5 Å². The van der Waals surface area contributed by atoms with Crippen LogP contribution in [0.4, 0.5) is 0 Å². The van der Waals surface area contributed by atoms with Gasteiger partial charge in [-0.15, -0.1) is 0 Å². The van der Waals surface area contributed by atoms with Gasteiger partial charge in [0, 0.05) is 48.9 Å². The normalized spacial score (nSPS) is 17.8. The van der Waals surface area contributed by atoms with Gasteiger partial charge in [-0.2, -0.15) is 0 Å². The first-order valence-corrected chi connectivity index (χ1v) is 11.0. The molecule has 3 aromatic rings. The number of aryl methyl sites for hydroxylation is 1. The number of nitrogens with zero attached hydrogens (tertiary/aromatic N) is 2. The van der Waals surface area contributed by atoms with E-state index in [4.69, 9.17) is 9.47 Å². The van der Waals surface area contributed by atoms with E-state index in [1.54, 1.807) is 31.4 Å². The Morgan fingerprint density at radius 2 is 1.88 bits per heavy atom. The van der Waals surface area contributed by atoms with E-state index in [1.165, 1.54) is 4.90 Å². The molecule has 4 rings (SSSR count). The average molecular weight is 449 g/mol. The Kier molecular flexibility index (Phi) is 6.51. The lowest BCUT2D eigenvalue weighted by Gasteiger charge is -2.24. The number of aliphatic hydroxyl groups is 1. The summed E-state index contributed by atoms with van der Waals surface area (Å²) in [5.41, 5.74) is 2.25. The fraction of sp³-hybridized carbons (Fsp3) is 0.308. The van der Waals surface area contributed by atoms with Crippen molar-refractivity contribution in [2.75, 3.05) is 26.9 Å². The highest BCUT2D eigenvalue weighted by Crippen LogP contribution is 2.42. The highest BCUT2D eigenvalue weighted by Gasteiger charge is 2.46. The van der Waals surface area contributed by atoms with Gasteiger partial charge in [0.05, 0.1) is 24.8 Å². The number of ether oxygens (including phenoxy) is 2. The summed E-state index contributed by atoms with van der Waals surface area (Å²) >= 11 is 0. The summed E-state index contributed by atoms with van der Waals surface area (Å²) in [6.07, 6.45) is 2.76. The van der Waals surface area contributed by atoms with Crippen molar-refractivity contribution in [3.05, 3.63) is 71.4 Å². The van der Waals surface area contributed by atoms with Crippen molar-refractivity contribution in [3.63, 3.8) is 0 Å².